The number of halogens is 3. The zero-order valence-electron chi connectivity index (χ0n) is 6.81. The Balaban J connectivity index is 2.92. The Kier molecular flexibility index (Phi) is 2.72. The van der Waals surface area contributed by atoms with Crippen molar-refractivity contribution < 1.29 is 13.2 Å². The minimum Gasteiger partial charge on any atom is -0.306 e. The topological polar surface area (TPSA) is 37.0 Å². The van der Waals surface area contributed by atoms with Crippen molar-refractivity contribution >= 4 is 5.82 Å². The zero-order valence-corrected chi connectivity index (χ0v) is 6.81. The molecule has 0 aromatic carbocycles. The van der Waals surface area contributed by atoms with Gasteiger partial charge in [0.05, 0.1) is 0 Å². The SMILES string of the molecule is CNNc1cccc(C(F)(F)F)n1. The second-order valence-electron chi connectivity index (χ2n) is 2.28. The van der Waals surface area contributed by atoms with Crippen LogP contribution in [0.15, 0.2) is 18.2 Å². The molecule has 0 radical (unpaired) electrons. The zero-order chi connectivity index (χ0) is 9.90. The maximum absolute atomic E-state index is 12.1. The highest BCUT2D eigenvalue weighted by Gasteiger charge is 2.32. The van der Waals surface area contributed by atoms with Crippen LogP contribution in [0.5, 0.6) is 0 Å². The Morgan fingerprint density at radius 2 is 2.00 bits per heavy atom. The highest BCUT2D eigenvalue weighted by Crippen LogP contribution is 2.27. The molecule has 0 saturated heterocycles. The maximum atomic E-state index is 12.1. The lowest BCUT2D eigenvalue weighted by Gasteiger charge is -2.07. The van der Waals surface area contributed by atoms with E-state index in [1.54, 1.807) is 7.05 Å². The summed E-state index contributed by atoms with van der Waals surface area (Å²) in [6, 6.07) is 3.64. The number of rotatable bonds is 2. The molecule has 0 unspecified atom stereocenters. The van der Waals surface area contributed by atoms with Crippen LogP contribution < -0.4 is 10.9 Å². The van der Waals surface area contributed by atoms with Crippen molar-refractivity contribution in [1.29, 1.82) is 0 Å². The minimum atomic E-state index is -4.40. The van der Waals surface area contributed by atoms with E-state index in [-0.39, 0.29) is 5.82 Å². The summed E-state index contributed by atoms with van der Waals surface area (Å²) in [6.07, 6.45) is -4.40. The fraction of sp³-hybridized carbons (Fsp3) is 0.286. The normalized spacial score (nSPS) is 11.4. The minimum absolute atomic E-state index is 0.136. The van der Waals surface area contributed by atoms with E-state index < -0.39 is 11.9 Å². The highest BCUT2D eigenvalue weighted by molar-refractivity contribution is 5.34. The molecule has 72 valence electrons. The van der Waals surface area contributed by atoms with Crippen molar-refractivity contribution in [3.05, 3.63) is 23.9 Å². The molecule has 1 rings (SSSR count). The third-order valence-electron chi connectivity index (χ3n) is 1.29. The number of pyridine rings is 1. The molecule has 0 atom stereocenters. The van der Waals surface area contributed by atoms with Crippen LogP contribution >= 0.6 is 0 Å². The molecule has 2 N–H and O–H groups in total. The molecule has 0 aliphatic rings. The number of hydrogen-bond acceptors (Lipinski definition) is 3. The van der Waals surface area contributed by atoms with Crippen LogP contribution in [0.4, 0.5) is 19.0 Å². The third kappa shape index (κ3) is 2.59. The maximum Gasteiger partial charge on any atom is 0.433 e. The van der Waals surface area contributed by atoms with Crippen LogP contribution in [0.3, 0.4) is 0 Å². The van der Waals surface area contributed by atoms with Crippen molar-refractivity contribution in [3.8, 4) is 0 Å². The van der Waals surface area contributed by atoms with E-state index in [0.29, 0.717) is 0 Å². The number of hydrazine groups is 1. The van der Waals surface area contributed by atoms with E-state index in [9.17, 15) is 13.2 Å². The predicted molar refractivity (Wildman–Crippen MR) is 41.9 cm³/mol. The summed E-state index contributed by atoms with van der Waals surface area (Å²) in [7, 11) is 1.54. The first-order valence-corrected chi connectivity index (χ1v) is 3.51. The van der Waals surface area contributed by atoms with Gasteiger partial charge < -0.3 is 5.43 Å². The van der Waals surface area contributed by atoms with Crippen LogP contribution in [0.1, 0.15) is 5.69 Å². The summed E-state index contributed by atoms with van der Waals surface area (Å²) in [4.78, 5) is 3.34. The van der Waals surface area contributed by atoms with Gasteiger partial charge in [0.25, 0.3) is 0 Å². The Morgan fingerprint density at radius 3 is 2.54 bits per heavy atom. The van der Waals surface area contributed by atoms with Crippen LogP contribution in [-0.2, 0) is 6.18 Å². The molecule has 0 spiro atoms. The second kappa shape index (κ2) is 3.61. The van der Waals surface area contributed by atoms with Crippen molar-refractivity contribution in [2.75, 3.05) is 12.5 Å². The monoisotopic (exact) mass is 191 g/mol. The van der Waals surface area contributed by atoms with Crippen molar-refractivity contribution in [1.82, 2.24) is 10.4 Å². The predicted octanol–water partition coefficient (Wildman–Crippen LogP) is 1.65. The first kappa shape index (κ1) is 9.79. The third-order valence-corrected chi connectivity index (χ3v) is 1.29. The number of alkyl halides is 3. The Morgan fingerprint density at radius 1 is 1.31 bits per heavy atom. The average Bonchev–Trinajstić information content (AvgIpc) is 2.04. The lowest BCUT2D eigenvalue weighted by Crippen LogP contribution is -2.17. The second-order valence-corrected chi connectivity index (χ2v) is 2.28. The molecule has 13 heavy (non-hydrogen) atoms. The molecule has 3 nitrogen and oxygen atoms in total. The first-order chi connectivity index (χ1) is 6.04. The molecule has 1 heterocycles. The molecule has 0 fully saturated rings. The standard InChI is InChI=1S/C7H8F3N3/c1-11-13-6-4-2-3-5(12-6)7(8,9)10/h2-4,11H,1H3,(H,12,13). The van der Waals surface area contributed by atoms with Gasteiger partial charge in [-0.05, 0) is 12.1 Å². The summed E-state index contributed by atoms with van der Waals surface area (Å²) in [5.74, 6) is 0.136. The highest BCUT2D eigenvalue weighted by atomic mass is 19.4. The fourth-order valence-electron chi connectivity index (χ4n) is 0.790. The Hall–Kier alpha value is -1.30. The molecular weight excluding hydrogens is 183 g/mol. The van der Waals surface area contributed by atoms with Gasteiger partial charge in [-0.25, -0.2) is 10.4 Å². The van der Waals surface area contributed by atoms with Gasteiger partial charge in [0.1, 0.15) is 11.5 Å². The summed E-state index contributed by atoms with van der Waals surface area (Å²) < 4.78 is 36.3. The van der Waals surface area contributed by atoms with E-state index in [2.05, 4.69) is 15.8 Å². The number of hydrogen-bond donors (Lipinski definition) is 2. The van der Waals surface area contributed by atoms with Crippen LogP contribution in [0.2, 0.25) is 0 Å². The van der Waals surface area contributed by atoms with Gasteiger partial charge in [0.2, 0.25) is 0 Å². The van der Waals surface area contributed by atoms with E-state index >= 15 is 0 Å². The summed E-state index contributed by atoms with van der Waals surface area (Å²) in [5.41, 5.74) is 4.03. The molecule has 0 bridgehead atoms. The van der Waals surface area contributed by atoms with Crippen LogP contribution in [0.25, 0.3) is 0 Å². The number of nitrogens with zero attached hydrogens (tertiary/aromatic N) is 1. The molecule has 6 heteroatoms. The number of aromatic nitrogens is 1. The van der Waals surface area contributed by atoms with Gasteiger partial charge in [-0.15, -0.1) is 0 Å². The van der Waals surface area contributed by atoms with Gasteiger partial charge in [0.15, 0.2) is 0 Å². The molecule has 0 aliphatic heterocycles. The van der Waals surface area contributed by atoms with E-state index in [1.165, 1.54) is 12.1 Å². The molecular formula is C7H8F3N3. The number of anilines is 1. The number of nitrogens with one attached hydrogen (secondary N) is 2. The van der Waals surface area contributed by atoms with Crippen LogP contribution in [0, 0.1) is 0 Å². The average molecular weight is 191 g/mol. The van der Waals surface area contributed by atoms with E-state index in [0.717, 1.165) is 6.07 Å². The van der Waals surface area contributed by atoms with Gasteiger partial charge in [0, 0.05) is 7.05 Å². The molecule has 1 aromatic heterocycles. The molecule has 0 saturated carbocycles. The lowest BCUT2D eigenvalue weighted by atomic mass is 10.3. The fourth-order valence-corrected chi connectivity index (χ4v) is 0.790. The van der Waals surface area contributed by atoms with Gasteiger partial charge >= 0.3 is 6.18 Å². The Labute approximate surface area is 72.9 Å². The van der Waals surface area contributed by atoms with E-state index in [1.807, 2.05) is 0 Å². The van der Waals surface area contributed by atoms with E-state index in [4.69, 9.17) is 0 Å². The van der Waals surface area contributed by atoms with Crippen molar-refractivity contribution in [3.63, 3.8) is 0 Å². The van der Waals surface area contributed by atoms with Gasteiger partial charge in [-0.1, -0.05) is 6.07 Å². The van der Waals surface area contributed by atoms with Crippen molar-refractivity contribution in [2.24, 2.45) is 0 Å². The van der Waals surface area contributed by atoms with Crippen molar-refractivity contribution in [2.45, 2.75) is 6.18 Å². The smallest absolute Gasteiger partial charge is 0.306 e. The summed E-state index contributed by atoms with van der Waals surface area (Å²) in [5, 5.41) is 0. The van der Waals surface area contributed by atoms with Gasteiger partial charge in [-0.3, -0.25) is 0 Å². The molecule has 1 aromatic rings. The summed E-state index contributed by atoms with van der Waals surface area (Å²) >= 11 is 0. The van der Waals surface area contributed by atoms with Gasteiger partial charge in [-0.2, -0.15) is 13.2 Å². The molecule has 0 aliphatic carbocycles. The largest absolute Gasteiger partial charge is 0.433 e. The Bertz CT molecular complexity index is 285. The lowest BCUT2D eigenvalue weighted by molar-refractivity contribution is -0.141. The quantitative estimate of drug-likeness (QED) is 0.698. The summed E-state index contributed by atoms with van der Waals surface area (Å²) in [6.45, 7) is 0. The first-order valence-electron chi connectivity index (χ1n) is 3.51. The molecule has 0 amide bonds. The van der Waals surface area contributed by atoms with Crippen LogP contribution in [-0.4, -0.2) is 12.0 Å².